The van der Waals surface area contributed by atoms with Gasteiger partial charge in [-0.3, -0.25) is 4.98 Å². The molecule has 3 nitrogen and oxygen atoms in total. The number of nitrogens with zero attached hydrogens (tertiary/aromatic N) is 1. The SMILES string of the molecule is CC.CC(C)C1Cc2ccncc2C1.CC(C)c1ccc2c(c1)OCO2. The van der Waals surface area contributed by atoms with Gasteiger partial charge in [-0.25, -0.2) is 0 Å². The highest BCUT2D eigenvalue weighted by Gasteiger charge is 2.23. The molecule has 0 bridgehead atoms. The number of pyridine rings is 1. The minimum atomic E-state index is 0.358. The Morgan fingerprint density at radius 1 is 0.923 bits per heavy atom. The van der Waals surface area contributed by atoms with E-state index in [4.69, 9.17) is 9.47 Å². The van der Waals surface area contributed by atoms with Crippen molar-refractivity contribution in [3.8, 4) is 11.5 Å². The van der Waals surface area contributed by atoms with E-state index in [1.54, 1.807) is 0 Å². The molecule has 1 aliphatic carbocycles. The Balaban J connectivity index is 0.000000171. The largest absolute Gasteiger partial charge is 0.454 e. The van der Waals surface area contributed by atoms with Crippen LogP contribution in [0.1, 0.15) is 64.2 Å². The Kier molecular flexibility index (Phi) is 7.50. The third-order valence-electron chi connectivity index (χ3n) is 4.97. The second-order valence-electron chi connectivity index (χ2n) is 7.32. The van der Waals surface area contributed by atoms with Gasteiger partial charge in [0.2, 0.25) is 6.79 Å². The Morgan fingerprint density at radius 2 is 1.62 bits per heavy atom. The third kappa shape index (κ3) is 5.00. The molecule has 0 amide bonds. The van der Waals surface area contributed by atoms with Crippen LogP contribution in [0, 0.1) is 11.8 Å². The van der Waals surface area contributed by atoms with Gasteiger partial charge in [-0.05, 0) is 65.5 Å². The van der Waals surface area contributed by atoms with Gasteiger partial charge >= 0.3 is 0 Å². The number of aromatic nitrogens is 1. The standard InChI is InChI=1S/C11H15N.C10H12O2.C2H6/c1-8(2)10-5-9-3-4-12-7-11(9)6-10;1-7(2)8-3-4-9-10(5-8)12-6-11-9;1-2/h3-4,7-8,10H,5-6H2,1-2H3;3-5,7H,6H2,1-2H3;1-2H3. The van der Waals surface area contributed by atoms with Crippen LogP contribution in [0.4, 0.5) is 0 Å². The average molecular weight is 356 g/mol. The molecule has 0 radical (unpaired) electrons. The molecule has 26 heavy (non-hydrogen) atoms. The minimum absolute atomic E-state index is 0.358. The van der Waals surface area contributed by atoms with E-state index < -0.39 is 0 Å². The number of benzene rings is 1. The lowest BCUT2D eigenvalue weighted by Gasteiger charge is -2.12. The molecule has 2 aromatic rings. The number of hydrogen-bond donors (Lipinski definition) is 0. The fraction of sp³-hybridized carbons (Fsp3) is 0.522. The average Bonchev–Trinajstić information content (AvgIpc) is 3.30. The zero-order chi connectivity index (χ0) is 19.1. The van der Waals surface area contributed by atoms with Crippen LogP contribution in [0.15, 0.2) is 36.7 Å². The Labute approximate surface area is 158 Å². The number of hydrogen-bond acceptors (Lipinski definition) is 3. The van der Waals surface area contributed by atoms with Gasteiger partial charge in [0.15, 0.2) is 11.5 Å². The van der Waals surface area contributed by atoms with E-state index in [0.717, 1.165) is 23.3 Å². The molecule has 1 aliphatic heterocycles. The van der Waals surface area contributed by atoms with E-state index in [2.05, 4.69) is 44.8 Å². The molecule has 3 heteroatoms. The first kappa shape index (κ1) is 20.3. The second-order valence-corrected chi connectivity index (χ2v) is 7.32. The predicted molar refractivity (Wildman–Crippen MR) is 108 cm³/mol. The first-order chi connectivity index (χ1) is 12.5. The molecular weight excluding hydrogens is 322 g/mol. The second kappa shape index (κ2) is 9.61. The molecule has 2 heterocycles. The fourth-order valence-corrected chi connectivity index (χ4v) is 3.22. The molecular formula is C23H33NO2. The maximum absolute atomic E-state index is 5.27. The molecule has 1 aromatic carbocycles. The van der Waals surface area contributed by atoms with Crippen molar-refractivity contribution in [2.45, 2.75) is 60.3 Å². The summed E-state index contributed by atoms with van der Waals surface area (Å²) in [6, 6.07) is 8.26. The molecule has 0 saturated heterocycles. The summed E-state index contributed by atoms with van der Waals surface area (Å²) in [6.07, 6.45) is 6.43. The molecule has 4 rings (SSSR count). The molecule has 1 aromatic heterocycles. The molecule has 2 aliphatic rings. The van der Waals surface area contributed by atoms with Crippen molar-refractivity contribution in [1.29, 1.82) is 0 Å². The first-order valence-electron chi connectivity index (χ1n) is 9.86. The lowest BCUT2D eigenvalue weighted by Crippen LogP contribution is -2.07. The Hall–Kier alpha value is -2.03. The van der Waals surface area contributed by atoms with Crippen LogP contribution >= 0.6 is 0 Å². The Bertz CT molecular complexity index is 669. The van der Waals surface area contributed by atoms with Crippen molar-refractivity contribution in [3.05, 3.63) is 53.3 Å². The summed E-state index contributed by atoms with van der Waals surface area (Å²) in [6.45, 7) is 13.3. The lowest BCUT2D eigenvalue weighted by atomic mass is 9.93. The van der Waals surface area contributed by atoms with Gasteiger partial charge < -0.3 is 9.47 Å². The molecule has 142 valence electrons. The van der Waals surface area contributed by atoms with Gasteiger partial charge in [0.25, 0.3) is 0 Å². The summed E-state index contributed by atoms with van der Waals surface area (Å²) in [4.78, 5) is 4.15. The van der Waals surface area contributed by atoms with E-state index in [-0.39, 0.29) is 0 Å². The van der Waals surface area contributed by atoms with Gasteiger partial charge in [-0.1, -0.05) is 47.6 Å². The molecule has 0 saturated carbocycles. The summed E-state index contributed by atoms with van der Waals surface area (Å²) in [5, 5.41) is 0. The maximum Gasteiger partial charge on any atom is 0.231 e. The van der Waals surface area contributed by atoms with Crippen molar-refractivity contribution in [1.82, 2.24) is 4.98 Å². The van der Waals surface area contributed by atoms with Crippen molar-refractivity contribution < 1.29 is 9.47 Å². The van der Waals surface area contributed by atoms with Crippen LogP contribution in [-0.2, 0) is 12.8 Å². The molecule has 0 fully saturated rings. The zero-order valence-corrected chi connectivity index (χ0v) is 17.1. The zero-order valence-electron chi connectivity index (χ0n) is 17.1. The van der Waals surface area contributed by atoms with Crippen LogP contribution in [0.2, 0.25) is 0 Å². The van der Waals surface area contributed by atoms with Crippen molar-refractivity contribution in [2.24, 2.45) is 11.8 Å². The summed E-state index contributed by atoms with van der Waals surface area (Å²) in [7, 11) is 0. The van der Waals surface area contributed by atoms with Gasteiger partial charge in [0.05, 0.1) is 0 Å². The molecule has 1 atom stereocenters. The molecule has 1 unspecified atom stereocenters. The van der Waals surface area contributed by atoms with Crippen molar-refractivity contribution >= 4 is 0 Å². The molecule has 0 N–H and O–H groups in total. The predicted octanol–water partition coefficient (Wildman–Crippen LogP) is 6.02. The monoisotopic (exact) mass is 355 g/mol. The summed E-state index contributed by atoms with van der Waals surface area (Å²) in [5.74, 6) is 3.93. The van der Waals surface area contributed by atoms with Crippen LogP contribution in [-0.4, -0.2) is 11.8 Å². The van der Waals surface area contributed by atoms with E-state index in [1.807, 2.05) is 38.4 Å². The van der Waals surface area contributed by atoms with Crippen LogP contribution in [0.3, 0.4) is 0 Å². The van der Waals surface area contributed by atoms with E-state index in [9.17, 15) is 0 Å². The van der Waals surface area contributed by atoms with Gasteiger partial charge in [-0.2, -0.15) is 0 Å². The van der Waals surface area contributed by atoms with Gasteiger partial charge in [0.1, 0.15) is 0 Å². The summed E-state index contributed by atoms with van der Waals surface area (Å²) < 4.78 is 10.5. The highest BCUT2D eigenvalue weighted by atomic mass is 16.7. The summed E-state index contributed by atoms with van der Waals surface area (Å²) >= 11 is 0. The van der Waals surface area contributed by atoms with Crippen molar-refractivity contribution in [3.63, 3.8) is 0 Å². The normalized spacial score (nSPS) is 16.5. The number of fused-ring (bicyclic) bond motifs is 2. The van der Waals surface area contributed by atoms with Crippen LogP contribution in [0.5, 0.6) is 11.5 Å². The van der Waals surface area contributed by atoms with Gasteiger partial charge in [0, 0.05) is 12.4 Å². The Morgan fingerprint density at radius 3 is 2.27 bits per heavy atom. The topological polar surface area (TPSA) is 31.4 Å². The maximum atomic E-state index is 5.27. The number of rotatable bonds is 2. The first-order valence-corrected chi connectivity index (χ1v) is 9.86. The highest BCUT2D eigenvalue weighted by molar-refractivity contribution is 5.45. The highest BCUT2D eigenvalue weighted by Crippen LogP contribution is 2.34. The third-order valence-corrected chi connectivity index (χ3v) is 4.97. The van der Waals surface area contributed by atoms with Crippen molar-refractivity contribution in [2.75, 3.05) is 6.79 Å². The van der Waals surface area contributed by atoms with E-state index >= 15 is 0 Å². The minimum Gasteiger partial charge on any atom is -0.454 e. The van der Waals surface area contributed by atoms with E-state index in [1.165, 1.54) is 29.5 Å². The molecule has 0 spiro atoms. The van der Waals surface area contributed by atoms with Gasteiger partial charge in [-0.15, -0.1) is 0 Å². The summed E-state index contributed by atoms with van der Waals surface area (Å²) in [5.41, 5.74) is 4.28. The lowest BCUT2D eigenvalue weighted by molar-refractivity contribution is 0.174. The van der Waals surface area contributed by atoms with E-state index in [0.29, 0.717) is 12.7 Å². The number of ether oxygens (including phenoxy) is 2. The fourth-order valence-electron chi connectivity index (χ4n) is 3.22. The van der Waals surface area contributed by atoms with Crippen LogP contribution < -0.4 is 9.47 Å². The van der Waals surface area contributed by atoms with Crippen LogP contribution in [0.25, 0.3) is 0 Å². The quantitative estimate of drug-likeness (QED) is 0.660. The smallest absolute Gasteiger partial charge is 0.231 e.